The Labute approximate surface area is 104 Å². The van der Waals surface area contributed by atoms with Gasteiger partial charge in [0, 0.05) is 12.6 Å². The summed E-state index contributed by atoms with van der Waals surface area (Å²) in [6, 6.07) is 0.134. The summed E-state index contributed by atoms with van der Waals surface area (Å²) < 4.78 is 5.42. The van der Waals surface area contributed by atoms with Gasteiger partial charge < -0.3 is 15.8 Å². The molecule has 1 heterocycles. The third-order valence-electron chi connectivity index (χ3n) is 2.82. The van der Waals surface area contributed by atoms with Crippen LogP contribution in [0.15, 0.2) is 6.20 Å². The number of rotatable bonds is 5. The molecule has 18 heavy (non-hydrogen) atoms. The topological polar surface area (TPSA) is 116 Å². The summed E-state index contributed by atoms with van der Waals surface area (Å²) in [6.07, 6.45) is 2.97. The fraction of sp³-hybridized carbons (Fsp3) is 0.600. The molecule has 0 radical (unpaired) electrons. The largest absolute Gasteiger partial charge is 0.378 e. The van der Waals surface area contributed by atoms with Gasteiger partial charge in [0.25, 0.3) is 0 Å². The summed E-state index contributed by atoms with van der Waals surface area (Å²) >= 11 is 0. The predicted molar refractivity (Wildman–Crippen MR) is 65.2 cm³/mol. The molecule has 1 aliphatic carbocycles. The van der Waals surface area contributed by atoms with Crippen LogP contribution < -0.4 is 11.1 Å². The maximum Gasteiger partial charge on any atom is 0.329 e. The van der Waals surface area contributed by atoms with Crippen molar-refractivity contribution >= 4 is 17.5 Å². The van der Waals surface area contributed by atoms with Gasteiger partial charge in [0.2, 0.25) is 11.8 Å². The fourth-order valence-corrected chi connectivity index (χ4v) is 1.88. The molecule has 1 fully saturated rings. The number of nitro groups is 1. The van der Waals surface area contributed by atoms with Crippen LogP contribution in [0.1, 0.15) is 19.8 Å². The van der Waals surface area contributed by atoms with Gasteiger partial charge in [0.05, 0.1) is 11.0 Å². The second-order valence-electron chi connectivity index (χ2n) is 4.11. The Morgan fingerprint density at radius 2 is 2.39 bits per heavy atom. The molecule has 0 bridgehead atoms. The first-order valence-electron chi connectivity index (χ1n) is 5.75. The van der Waals surface area contributed by atoms with Crippen molar-refractivity contribution in [3.05, 3.63) is 16.3 Å². The Kier molecular flexibility index (Phi) is 3.56. The van der Waals surface area contributed by atoms with Crippen LogP contribution in [0.25, 0.3) is 0 Å². The lowest BCUT2D eigenvalue weighted by Crippen LogP contribution is -2.41. The summed E-state index contributed by atoms with van der Waals surface area (Å²) in [5.41, 5.74) is 5.27. The van der Waals surface area contributed by atoms with Crippen molar-refractivity contribution < 1.29 is 9.66 Å². The molecular formula is C10H15N5O3. The van der Waals surface area contributed by atoms with Crippen molar-refractivity contribution in [3.8, 4) is 0 Å². The number of nitrogens with zero attached hydrogens (tertiary/aromatic N) is 3. The van der Waals surface area contributed by atoms with Crippen molar-refractivity contribution in [2.75, 3.05) is 17.7 Å². The van der Waals surface area contributed by atoms with E-state index in [1.54, 1.807) is 0 Å². The van der Waals surface area contributed by atoms with E-state index in [0.29, 0.717) is 6.61 Å². The average molecular weight is 253 g/mol. The van der Waals surface area contributed by atoms with Crippen molar-refractivity contribution in [1.29, 1.82) is 0 Å². The number of aromatic nitrogens is 2. The Balaban J connectivity index is 2.01. The first-order chi connectivity index (χ1) is 8.60. The maximum atomic E-state index is 10.8. The zero-order chi connectivity index (χ0) is 13.1. The zero-order valence-corrected chi connectivity index (χ0v) is 10.00. The van der Waals surface area contributed by atoms with E-state index >= 15 is 0 Å². The Morgan fingerprint density at radius 3 is 3.00 bits per heavy atom. The molecule has 0 atom stereocenters. The second kappa shape index (κ2) is 5.13. The molecular weight excluding hydrogens is 238 g/mol. The van der Waals surface area contributed by atoms with E-state index in [9.17, 15) is 10.1 Å². The van der Waals surface area contributed by atoms with E-state index in [2.05, 4.69) is 15.3 Å². The number of nitrogen functional groups attached to an aromatic ring is 1. The van der Waals surface area contributed by atoms with E-state index in [1.807, 2.05) is 6.92 Å². The van der Waals surface area contributed by atoms with Crippen LogP contribution in [0.2, 0.25) is 0 Å². The molecule has 1 saturated carbocycles. The van der Waals surface area contributed by atoms with Crippen LogP contribution in [-0.4, -0.2) is 33.6 Å². The minimum Gasteiger partial charge on any atom is -0.378 e. The van der Waals surface area contributed by atoms with E-state index in [0.717, 1.165) is 19.0 Å². The number of nitrogens with one attached hydrogen (secondary N) is 1. The van der Waals surface area contributed by atoms with Crippen LogP contribution in [0.5, 0.6) is 0 Å². The minimum atomic E-state index is -0.527. The highest BCUT2D eigenvalue weighted by molar-refractivity contribution is 5.57. The summed E-state index contributed by atoms with van der Waals surface area (Å²) in [5, 5.41) is 13.8. The number of ether oxygens (including phenoxy) is 1. The molecule has 0 aliphatic heterocycles. The van der Waals surface area contributed by atoms with Gasteiger partial charge >= 0.3 is 5.69 Å². The summed E-state index contributed by atoms with van der Waals surface area (Å²) in [5.74, 6) is 0.191. The molecule has 1 aromatic rings. The van der Waals surface area contributed by atoms with Gasteiger partial charge in [-0.2, -0.15) is 4.98 Å². The van der Waals surface area contributed by atoms with Gasteiger partial charge in [-0.3, -0.25) is 10.1 Å². The lowest BCUT2D eigenvalue weighted by atomic mass is 9.89. The zero-order valence-electron chi connectivity index (χ0n) is 10.00. The number of hydrogen-bond acceptors (Lipinski definition) is 7. The van der Waals surface area contributed by atoms with Gasteiger partial charge in [-0.15, -0.1) is 0 Å². The Morgan fingerprint density at radius 1 is 1.67 bits per heavy atom. The second-order valence-corrected chi connectivity index (χ2v) is 4.11. The summed E-state index contributed by atoms with van der Waals surface area (Å²) in [7, 11) is 0. The monoisotopic (exact) mass is 253 g/mol. The number of anilines is 2. The van der Waals surface area contributed by atoms with E-state index < -0.39 is 4.92 Å². The van der Waals surface area contributed by atoms with Gasteiger partial charge in [0.1, 0.15) is 6.20 Å². The van der Waals surface area contributed by atoms with Gasteiger partial charge in [-0.05, 0) is 19.8 Å². The van der Waals surface area contributed by atoms with Crippen molar-refractivity contribution in [3.63, 3.8) is 0 Å². The van der Waals surface area contributed by atoms with Crippen LogP contribution in [0.3, 0.4) is 0 Å². The molecule has 0 aromatic carbocycles. The number of nitrogens with two attached hydrogens (primary N) is 1. The van der Waals surface area contributed by atoms with E-state index in [-0.39, 0.29) is 29.6 Å². The van der Waals surface area contributed by atoms with E-state index in [1.165, 1.54) is 0 Å². The quantitative estimate of drug-likeness (QED) is 0.592. The third kappa shape index (κ3) is 2.65. The van der Waals surface area contributed by atoms with Crippen LogP contribution in [0, 0.1) is 10.1 Å². The molecule has 8 nitrogen and oxygen atoms in total. The van der Waals surface area contributed by atoms with Crippen LogP contribution in [0.4, 0.5) is 17.5 Å². The average Bonchev–Trinajstić information content (AvgIpc) is 2.26. The highest BCUT2D eigenvalue weighted by Gasteiger charge is 2.31. The highest BCUT2D eigenvalue weighted by Crippen LogP contribution is 2.29. The van der Waals surface area contributed by atoms with Gasteiger partial charge in [0.15, 0.2) is 0 Å². The van der Waals surface area contributed by atoms with Crippen molar-refractivity contribution in [1.82, 2.24) is 9.97 Å². The minimum absolute atomic E-state index is 0.0174. The molecule has 98 valence electrons. The first kappa shape index (κ1) is 12.5. The predicted octanol–water partition coefficient (Wildman–Crippen LogP) is 0.946. The molecule has 8 heteroatoms. The highest BCUT2D eigenvalue weighted by atomic mass is 16.6. The van der Waals surface area contributed by atoms with Crippen LogP contribution >= 0.6 is 0 Å². The SMILES string of the molecule is CCOC1CC(Nc2nc(N)ncc2[N+](=O)[O-])C1. The molecule has 1 aromatic heterocycles. The smallest absolute Gasteiger partial charge is 0.329 e. The van der Waals surface area contributed by atoms with E-state index in [4.69, 9.17) is 10.5 Å². The Hall–Kier alpha value is -1.96. The van der Waals surface area contributed by atoms with Gasteiger partial charge in [-0.1, -0.05) is 0 Å². The van der Waals surface area contributed by atoms with Crippen molar-refractivity contribution in [2.24, 2.45) is 0 Å². The first-order valence-corrected chi connectivity index (χ1v) is 5.75. The molecule has 2 rings (SSSR count). The van der Waals surface area contributed by atoms with Crippen molar-refractivity contribution in [2.45, 2.75) is 31.9 Å². The lowest BCUT2D eigenvalue weighted by molar-refractivity contribution is -0.384. The normalized spacial score (nSPS) is 22.3. The molecule has 3 N–H and O–H groups in total. The van der Waals surface area contributed by atoms with Crippen LogP contribution in [-0.2, 0) is 4.74 Å². The summed E-state index contributed by atoms with van der Waals surface area (Å²) in [4.78, 5) is 17.8. The lowest BCUT2D eigenvalue weighted by Gasteiger charge is -2.35. The number of hydrogen-bond donors (Lipinski definition) is 2. The molecule has 0 unspecified atom stereocenters. The summed E-state index contributed by atoms with van der Waals surface area (Å²) in [6.45, 7) is 2.62. The third-order valence-corrected chi connectivity index (χ3v) is 2.82. The maximum absolute atomic E-state index is 10.8. The van der Waals surface area contributed by atoms with Gasteiger partial charge in [-0.25, -0.2) is 4.98 Å². The standard InChI is InChI=1S/C10H15N5O3/c1-2-18-7-3-6(4-7)13-9-8(15(16)17)5-12-10(11)14-9/h5-7H,2-4H2,1H3,(H3,11,12,13,14). The molecule has 0 amide bonds. The molecule has 1 aliphatic rings. The molecule has 0 spiro atoms. The Bertz CT molecular complexity index is 447. The fourth-order valence-electron chi connectivity index (χ4n) is 1.88. The molecule has 0 saturated heterocycles.